The largest absolute Gasteiger partial charge is 0.299 e. The number of Topliss-reactive ketones (excluding diaryl/α,β-unsaturated/α-hetero) is 1. The molecule has 0 spiro atoms. The summed E-state index contributed by atoms with van der Waals surface area (Å²) in [5.74, 6) is 0.798. The van der Waals surface area contributed by atoms with Crippen LogP contribution in [0.25, 0.3) is 10.9 Å². The molecule has 2 heteroatoms. The van der Waals surface area contributed by atoms with Gasteiger partial charge >= 0.3 is 0 Å². The maximum absolute atomic E-state index is 12.0. The van der Waals surface area contributed by atoms with Gasteiger partial charge in [0, 0.05) is 24.4 Å². The fraction of sp³-hybridized carbons (Fsp3) is 0.375. The number of hydrogen-bond donors (Lipinski definition) is 0. The summed E-state index contributed by atoms with van der Waals surface area (Å²) in [5, 5.41) is 1.09. The van der Waals surface area contributed by atoms with Crippen LogP contribution in [0, 0.1) is 5.92 Å². The lowest BCUT2D eigenvalue weighted by atomic mass is 9.96. The SMILES string of the molecule is CCC(C)CC(=O)Cc1ccnc2ccccc12. The van der Waals surface area contributed by atoms with Crippen LogP contribution >= 0.6 is 0 Å². The van der Waals surface area contributed by atoms with Crippen molar-refractivity contribution in [3.8, 4) is 0 Å². The number of benzene rings is 1. The molecule has 0 amide bonds. The van der Waals surface area contributed by atoms with Crippen LogP contribution < -0.4 is 0 Å². The van der Waals surface area contributed by atoms with E-state index in [0.717, 1.165) is 22.9 Å². The summed E-state index contributed by atoms with van der Waals surface area (Å²) in [6.45, 7) is 4.25. The number of aromatic nitrogens is 1. The van der Waals surface area contributed by atoms with Crippen LogP contribution in [0.3, 0.4) is 0 Å². The lowest BCUT2D eigenvalue weighted by Gasteiger charge is -2.08. The second-order valence-corrected chi connectivity index (χ2v) is 4.92. The predicted molar refractivity (Wildman–Crippen MR) is 74.5 cm³/mol. The molecule has 2 rings (SSSR count). The maximum Gasteiger partial charge on any atom is 0.137 e. The highest BCUT2D eigenvalue weighted by molar-refractivity contribution is 5.88. The fourth-order valence-electron chi connectivity index (χ4n) is 2.13. The Labute approximate surface area is 108 Å². The molecule has 1 heterocycles. The van der Waals surface area contributed by atoms with E-state index in [4.69, 9.17) is 0 Å². The smallest absolute Gasteiger partial charge is 0.137 e. The Morgan fingerprint density at radius 2 is 2.06 bits per heavy atom. The van der Waals surface area contributed by atoms with E-state index in [1.165, 1.54) is 0 Å². The van der Waals surface area contributed by atoms with Crippen molar-refractivity contribution in [3.63, 3.8) is 0 Å². The number of para-hydroxylation sites is 1. The number of carbonyl (C=O) groups is 1. The number of hydrogen-bond acceptors (Lipinski definition) is 2. The second kappa shape index (κ2) is 5.76. The first-order valence-corrected chi connectivity index (χ1v) is 6.55. The van der Waals surface area contributed by atoms with Crippen LogP contribution in [0.1, 0.15) is 32.3 Å². The van der Waals surface area contributed by atoms with Crippen LogP contribution in [0.5, 0.6) is 0 Å². The molecule has 0 aliphatic heterocycles. The van der Waals surface area contributed by atoms with Gasteiger partial charge in [-0.25, -0.2) is 0 Å². The molecule has 1 aromatic heterocycles. The molecule has 0 saturated heterocycles. The van der Waals surface area contributed by atoms with Crippen LogP contribution in [0.2, 0.25) is 0 Å². The third-order valence-electron chi connectivity index (χ3n) is 3.40. The van der Waals surface area contributed by atoms with Crippen molar-refractivity contribution in [2.75, 3.05) is 0 Å². The minimum Gasteiger partial charge on any atom is -0.299 e. The standard InChI is InChI=1S/C16H19NO/c1-3-12(2)10-14(18)11-13-8-9-17-16-7-5-4-6-15(13)16/h4-9,12H,3,10-11H2,1-2H3. The Morgan fingerprint density at radius 3 is 2.83 bits per heavy atom. The van der Waals surface area contributed by atoms with Gasteiger partial charge in [0.25, 0.3) is 0 Å². The molecule has 1 atom stereocenters. The van der Waals surface area contributed by atoms with Gasteiger partial charge in [-0.05, 0) is 23.6 Å². The zero-order chi connectivity index (χ0) is 13.0. The second-order valence-electron chi connectivity index (χ2n) is 4.92. The molecular weight excluding hydrogens is 222 g/mol. The van der Waals surface area contributed by atoms with Gasteiger partial charge in [-0.3, -0.25) is 9.78 Å². The Hall–Kier alpha value is -1.70. The van der Waals surface area contributed by atoms with E-state index in [2.05, 4.69) is 18.8 Å². The third kappa shape index (κ3) is 2.95. The minimum atomic E-state index is 0.320. The highest BCUT2D eigenvalue weighted by Gasteiger charge is 2.10. The molecule has 18 heavy (non-hydrogen) atoms. The van der Waals surface area contributed by atoms with Gasteiger partial charge in [-0.1, -0.05) is 38.5 Å². The van der Waals surface area contributed by atoms with Gasteiger partial charge in [0.15, 0.2) is 0 Å². The minimum absolute atomic E-state index is 0.320. The molecule has 0 aliphatic rings. The molecule has 0 bridgehead atoms. The summed E-state index contributed by atoms with van der Waals surface area (Å²) in [7, 11) is 0. The molecule has 2 aromatic rings. The van der Waals surface area contributed by atoms with Crippen molar-refractivity contribution in [1.82, 2.24) is 4.98 Å². The van der Waals surface area contributed by atoms with Crippen molar-refractivity contribution < 1.29 is 4.79 Å². The molecule has 94 valence electrons. The molecule has 0 fully saturated rings. The van der Waals surface area contributed by atoms with Gasteiger partial charge in [0.05, 0.1) is 5.52 Å². The van der Waals surface area contributed by atoms with E-state index in [-0.39, 0.29) is 0 Å². The van der Waals surface area contributed by atoms with E-state index in [0.29, 0.717) is 24.5 Å². The number of fused-ring (bicyclic) bond motifs is 1. The first kappa shape index (κ1) is 12.7. The Kier molecular flexibility index (Phi) is 4.08. The van der Waals surface area contributed by atoms with E-state index in [1.807, 2.05) is 30.3 Å². The summed E-state index contributed by atoms with van der Waals surface area (Å²) in [4.78, 5) is 16.3. The summed E-state index contributed by atoms with van der Waals surface area (Å²) in [6, 6.07) is 9.94. The quantitative estimate of drug-likeness (QED) is 0.797. The van der Waals surface area contributed by atoms with Gasteiger partial charge in [-0.2, -0.15) is 0 Å². The number of pyridine rings is 1. The van der Waals surface area contributed by atoms with Gasteiger partial charge in [0.2, 0.25) is 0 Å². The van der Waals surface area contributed by atoms with E-state index >= 15 is 0 Å². The number of rotatable bonds is 5. The van der Waals surface area contributed by atoms with Crippen molar-refractivity contribution >= 4 is 16.7 Å². The Morgan fingerprint density at radius 1 is 1.28 bits per heavy atom. The topological polar surface area (TPSA) is 30.0 Å². The van der Waals surface area contributed by atoms with Crippen molar-refractivity contribution in [2.45, 2.75) is 33.1 Å². The molecule has 1 unspecified atom stereocenters. The van der Waals surface area contributed by atoms with Crippen LogP contribution in [0.4, 0.5) is 0 Å². The van der Waals surface area contributed by atoms with E-state index in [1.54, 1.807) is 6.20 Å². The summed E-state index contributed by atoms with van der Waals surface area (Å²) in [6.07, 6.45) is 4.04. The Balaban J connectivity index is 2.19. The van der Waals surface area contributed by atoms with Crippen molar-refractivity contribution in [3.05, 3.63) is 42.1 Å². The highest BCUT2D eigenvalue weighted by Crippen LogP contribution is 2.18. The summed E-state index contributed by atoms with van der Waals surface area (Å²) in [5.41, 5.74) is 2.06. The zero-order valence-corrected chi connectivity index (χ0v) is 11.0. The molecular formula is C16H19NO. The first-order chi connectivity index (χ1) is 8.70. The fourth-order valence-corrected chi connectivity index (χ4v) is 2.13. The molecule has 2 nitrogen and oxygen atoms in total. The summed E-state index contributed by atoms with van der Waals surface area (Å²) >= 11 is 0. The lowest BCUT2D eigenvalue weighted by Crippen LogP contribution is -2.08. The van der Waals surface area contributed by atoms with Crippen LogP contribution in [-0.4, -0.2) is 10.8 Å². The maximum atomic E-state index is 12.0. The van der Waals surface area contributed by atoms with Gasteiger partial charge in [-0.15, -0.1) is 0 Å². The molecule has 0 N–H and O–H groups in total. The average molecular weight is 241 g/mol. The van der Waals surface area contributed by atoms with Crippen LogP contribution in [-0.2, 0) is 11.2 Å². The molecule has 0 aliphatic carbocycles. The van der Waals surface area contributed by atoms with E-state index in [9.17, 15) is 4.79 Å². The predicted octanol–water partition coefficient (Wildman–Crippen LogP) is 3.78. The lowest BCUT2D eigenvalue weighted by molar-refractivity contribution is -0.119. The monoisotopic (exact) mass is 241 g/mol. The summed E-state index contributed by atoms with van der Waals surface area (Å²) < 4.78 is 0. The van der Waals surface area contributed by atoms with E-state index < -0.39 is 0 Å². The number of carbonyl (C=O) groups excluding carboxylic acids is 1. The normalized spacial score (nSPS) is 12.6. The third-order valence-corrected chi connectivity index (χ3v) is 3.40. The molecule has 0 radical (unpaired) electrons. The zero-order valence-electron chi connectivity index (χ0n) is 11.0. The number of nitrogens with zero attached hydrogens (tertiary/aromatic N) is 1. The van der Waals surface area contributed by atoms with Gasteiger partial charge < -0.3 is 0 Å². The Bertz CT molecular complexity index is 542. The molecule has 0 saturated carbocycles. The number of ketones is 1. The highest BCUT2D eigenvalue weighted by atomic mass is 16.1. The van der Waals surface area contributed by atoms with Gasteiger partial charge in [0.1, 0.15) is 5.78 Å². The van der Waals surface area contributed by atoms with Crippen molar-refractivity contribution in [2.24, 2.45) is 5.92 Å². The first-order valence-electron chi connectivity index (χ1n) is 6.55. The van der Waals surface area contributed by atoms with Crippen molar-refractivity contribution in [1.29, 1.82) is 0 Å². The molecule has 1 aromatic carbocycles. The van der Waals surface area contributed by atoms with Crippen LogP contribution in [0.15, 0.2) is 36.5 Å². The average Bonchev–Trinajstić information content (AvgIpc) is 2.39.